The Labute approximate surface area is 170 Å². The van der Waals surface area contributed by atoms with Crippen LogP contribution in [-0.2, 0) is 9.53 Å². The molecular formula is C22H26N2O3S. The number of thioether (sulfide) groups is 1. The summed E-state index contributed by atoms with van der Waals surface area (Å²) in [5.74, 6) is 2.67. The molecule has 2 saturated heterocycles. The van der Waals surface area contributed by atoms with E-state index in [2.05, 4.69) is 10.2 Å². The van der Waals surface area contributed by atoms with Gasteiger partial charge < -0.3 is 14.8 Å². The predicted octanol–water partition coefficient (Wildman–Crippen LogP) is 3.47. The third kappa shape index (κ3) is 5.07. The second-order valence-corrected chi connectivity index (χ2v) is 8.36. The summed E-state index contributed by atoms with van der Waals surface area (Å²) in [5, 5.41) is 3.09. The first-order chi connectivity index (χ1) is 13.8. The predicted molar refractivity (Wildman–Crippen MR) is 112 cm³/mol. The van der Waals surface area contributed by atoms with Gasteiger partial charge in [0, 0.05) is 25.7 Å². The van der Waals surface area contributed by atoms with Crippen LogP contribution < -0.4 is 10.1 Å². The van der Waals surface area contributed by atoms with Crippen LogP contribution in [-0.4, -0.2) is 55.4 Å². The summed E-state index contributed by atoms with van der Waals surface area (Å²) in [6.07, 6.45) is 0.999. The largest absolute Gasteiger partial charge is 0.457 e. The van der Waals surface area contributed by atoms with Gasteiger partial charge in [0.25, 0.3) is 0 Å². The highest BCUT2D eigenvalue weighted by molar-refractivity contribution is 8.00. The second-order valence-electron chi connectivity index (χ2n) is 7.14. The van der Waals surface area contributed by atoms with Gasteiger partial charge in [0.2, 0.25) is 5.91 Å². The van der Waals surface area contributed by atoms with E-state index < -0.39 is 0 Å². The van der Waals surface area contributed by atoms with Crippen molar-refractivity contribution in [3.05, 3.63) is 60.2 Å². The summed E-state index contributed by atoms with van der Waals surface area (Å²) >= 11 is 1.72. The molecule has 0 radical (unpaired) electrons. The molecule has 0 spiro atoms. The highest BCUT2D eigenvalue weighted by Gasteiger charge is 2.28. The Morgan fingerprint density at radius 1 is 1.04 bits per heavy atom. The molecule has 1 N–H and O–H groups in total. The Morgan fingerprint density at radius 3 is 2.50 bits per heavy atom. The molecular weight excluding hydrogens is 372 g/mol. The molecule has 0 saturated carbocycles. The number of nitrogens with one attached hydrogen (secondary N) is 1. The number of carbonyl (C=O) groups is 1. The van der Waals surface area contributed by atoms with Crippen LogP contribution in [0.4, 0.5) is 0 Å². The second kappa shape index (κ2) is 9.45. The number of para-hydroxylation sites is 1. The van der Waals surface area contributed by atoms with Crippen LogP contribution in [0.25, 0.3) is 0 Å². The fourth-order valence-electron chi connectivity index (χ4n) is 3.57. The number of ether oxygens (including phenoxy) is 2. The van der Waals surface area contributed by atoms with E-state index in [9.17, 15) is 4.79 Å². The maximum absolute atomic E-state index is 12.8. The van der Waals surface area contributed by atoms with Crippen molar-refractivity contribution in [1.29, 1.82) is 0 Å². The minimum Gasteiger partial charge on any atom is -0.457 e. The SMILES string of the molecule is O=C1N[C@@H](CN2CCOCC2)CCS[C@H]1c1ccc(Oc2ccccc2)cc1. The smallest absolute Gasteiger partial charge is 0.237 e. The molecule has 2 aromatic carbocycles. The Morgan fingerprint density at radius 2 is 1.75 bits per heavy atom. The molecule has 5 nitrogen and oxygen atoms in total. The number of nitrogens with zero attached hydrogens (tertiary/aromatic N) is 1. The molecule has 0 bridgehead atoms. The van der Waals surface area contributed by atoms with Crippen LogP contribution in [0.3, 0.4) is 0 Å². The number of hydrogen-bond acceptors (Lipinski definition) is 5. The summed E-state index contributed by atoms with van der Waals surface area (Å²) in [6.45, 7) is 4.38. The molecule has 6 heteroatoms. The fourth-order valence-corrected chi connectivity index (χ4v) is 4.79. The van der Waals surface area contributed by atoms with Crippen LogP contribution >= 0.6 is 11.8 Å². The van der Waals surface area contributed by atoms with Gasteiger partial charge in [0.05, 0.1) is 13.2 Å². The number of morpholine rings is 1. The third-order valence-electron chi connectivity index (χ3n) is 5.08. The van der Waals surface area contributed by atoms with Gasteiger partial charge in [-0.15, -0.1) is 11.8 Å². The van der Waals surface area contributed by atoms with Crippen LogP contribution in [0.2, 0.25) is 0 Å². The van der Waals surface area contributed by atoms with Crippen molar-refractivity contribution >= 4 is 17.7 Å². The summed E-state index contributed by atoms with van der Waals surface area (Å²) < 4.78 is 11.3. The zero-order valence-electron chi connectivity index (χ0n) is 15.9. The van der Waals surface area contributed by atoms with Crippen molar-refractivity contribution in [2.45, 2.75) is 17.7 Å². The molecule has 28 heavy (non-hydrogen) atoms. The van der Waals surface area contributed by atoms with Crippen molar-refractivity contribution in [2.75, 3.05) is 38.6 Å². The van der Waals surface area contributed by atoms with E-state index in [1.165, 1.54) is 0 Å². The van der Waals surface area contributed by atoms with Crippen LogP contribution in [0.5, 0.6) is 11.5 Å². The number of hydrogen-bond donors (Lipinski definition) is 1. The lowest BCUT2D eigenvalue weighted by molar-refractivity contribution is -0.121. The number of rotatable bonds is 5. The Hall–Kier alpha value is -2.02. The normalized spacial score (nSPS) is 23.6. The van der Waals surface area contributed by atoms with Gasteiger partial charge in [-0.2, -0.15) is 0 Å². The molecule has 2 aliphatic heterocycles. The standard InChI is InChI=1S/C22H26N2O3S/c25-22-21(28-15-10-18(23-22)16-24-11-13-26-14-12-24)17-6-8-20(9-7-17)27-19-4-2-1-3-5-19/h1-9,18,21H,10-16H2,(H,23,25)/t18-,21+/m1/s1. The van der Waals surface area contributed by atoms with E-state index >= 15 is 0 Å². The molecule has 0 unspecified atom stereocenters. The first kappa shape index (κ1) is 19.3. The van der Waals surface area contributed by atoms with E-state index in [4.69, 9.17) is 9.47 Å². The van der Waals surface area contributed by atoms with Crippen molar-refractivity contribution in [1.82, 2.24) is 10.2 Å². The van der Waals surface area contributed by atoms with Crippen molar-refractivity contribution in [3.63, 3.8) is 0 Å². The minimum absolute atomic E-state index is 0.109. The van der Waals surface area contributed by atoms with E-state index in [0.717, 1.165) is 62.1 Å². The molecule has 2 aliphatic rings. The maximum Gasteiger partial charge on any atom is 0.237 e. The average Bonchev–Trinajstić information content (AvgIpc) is 2.91. The van der Waals surface area contributed by atoms with Gasteiger partial charge in [-0.05, 0) is 42.0 Å². The maximum atomic E-state index is 12.8. The van der Waals surface area contributed by atoms with Gasteiger partial charge in [-0.1, -0.05) is 30.3 Å². The van der Waals surface area contributed by atoms with Crippen molar-refractivity contribution in [3.8, 4) is 11.5 Å². The summed E-state index contributed by atoms with van der Waals surface area (Å²) in [5.41, 5.74) is 1.02. The lowest BCUT2D eigenvalue weighted by Crippen LogP contribution is -2.47. The lowest BCUT2D eigenvalue weighted by atomic mass is 10.1. The highest BCUT2D eigenvalue weighted by atomic mass is 32.2. The van der Waals surface area contributed by atoms with Crippen molar-refractivity contribution in [2.24, 2.45) is 0 Å². The fraction of sp³-hybridized carbons (Fsp3) is 0.409. The molecule has 0 aromatic heterocycles. The summed E-state index contributed by atoms with van der Waals surface area (Å²) in [6, 6.07) is 17.8. The van der Waals surface area contributed by atoms with Crippen molar-refractivity contribution < 1.29 is 14.3 Å². The quantitative estimate of drug-likeness (QED) is 0.836. The number of amides is 1. The van der Waals surface area contributed by atoms with Crippen LogP contribution in [0.15, 0.2) is 54.6 Å². The van der Waals surface area contributed by atoms with Gasteiger partial charge >= 0.3 is 0 Å². The first-order valence-electron chi connectivity index (χ1n) is 9.83. The number of carbonyl (C=O) groups excluding carboxylic acids is 1. The van der Waals surface area contributed by atoms with Crippen LogP contribution in [0.1, 0.15) is 17.2 Å². The first-order valence-corrected chi connectivity index (χ1v) is 10.9. The lowest BCUT2D eigenvalue weighted by Gasteiger charge is -2.30. The van der Waals surface area contributed by atoms with E-state index in [1.54, 1.807) is 11.8 Å². The zero-order chi connectivity index (χ0) is 19.2. The Bertz CT molecular complexity index is 763. The minimum atomic E-state index is -0.166. The van der Waals surface area contributed by atoms with E-state index in [0.29, 0.717) is 0 Å². The van der Waals surface area contributed by atoms with E-state index in [-0.39, 0.29) is 17.2 Å². The average molecular weight is 399 g/mol. The Kier molecular flexibility index (Phi) is 6.52. The monoisotopic (exact) mass is 398 g/mol. The molecule has 2 aromatic rings. The zero-order valence-corrected chi connectivity index (χ0v) is 16.7. The van der Waals surface area contributed by atoms with Gasteiger partial charge in [0.15, 0.2) is 0 Å². The summed E-state index contributed by atoms with van der Waals surface area (Å²) in [4.78, 5) is 15.2. The third-order valence-corrected chi connectivity index (χ3v) is 6.37. The van der Waals surface area contributed by atoms with Gasteiger partial charge in [-0.25, -0.2) is 0 Å². The molecule has 1 amide bonds. The highest BCUT2D eigenvalue weighted by Crippen LogP contribution is 2.33. The molecule has 148 valence electrons. The van der Waals surface area contributed by atoms with Crippen LogP contribution in [0, 0.1) is 0 Å². The van der Waals surface area contributed by atoms with E-state index in [1.807, 2.05) is 54.6 Å². The van der Waals surface area contributed by atoms with Gasteiger partial charge in [-0.3, -0.25) is 9.69 Å². The molecule has 2 atom stereocenters. The summed E-state index contributed by atoms with van der Waals surface area (Å²) in [7, 11) is 0. The number of benzene rings is 2. The topological polar surface area (TPSA) is 50.8 Å². The molecule has 4 rings (SSSR count). The van der Waals surface area contributed by atoms with Gasteiger partial charge in [0.1, 0.15) is 16.7 Å². The Balaban J connectivity index is 1.36. The molecule has 2 heterocycles. The molecule has 2 fully saturated rings. The molecule has 0 aliphatic carbocycles.